The molecule has 0 radical (unpaired) electrons. The van der Waals surface area contributed by atoms with Crippen LogP contribution in [0.15, 0.2) is 60.7 Å². The lowest BCUT2D eigenvalue weighted by Crippen LogP contribution is -2.41. The predicted octanol–water partition coefficient (Wildman–Crippen LogP) is 6.39. The van der Waals surface area contributed by atoms with Crippen molar-refractivity contribution in [1.82, 2.24) is 10.2 Å². The molecule has 4 rings (SSSR count). The standard InChI is InChI=1S/C33H36F2N2O4S/c1-21-5-3-4-6-28(21)30-17-22(7-12-29(30)32(39)36-31(33(40)41)13-14-42-2)19-37(26-8-10-27(38)11-9-26)20-23-15-24(34)18-25(35)16-23/h3-7,12,15-18,26,31H,8-11,13-14,19-20H2,1-2H3,(H,36,39)(H,40,41)/t31-/m0/s1. The minimum absolute atomic E-state index is 0.0478. The fraction of sp³-hybridized carbons (Fsp3) is 0.364. The molecule has 1 saturated carbocycles. The van der Waals surface area contributed by atoms with E-state index in [1.807, 2.05) is 49.6 Å². The highest BCUT2D eigenvalue weighted by Crippen LogP contribution is 2.31. The molecule has 0 heterocycles. The number of carbonyl (C=O) groups is 3. The van der Waals surface area contributed by atoms with Gasteiger partial charge in [-0.3, -0.25) is 14.5 Å². The first-order valence-electron chi connectivity index (χ1n) is 14.1. The zero-order valence-electron chi connectivity index (χ0n) is 23.9. The smallest absolute Gasteiger partial charge is 0.326 e. The van der Waals surface area contributed by atoms with Gasteiger partial charge in [0.15, 0.2) is 0 Å². The van der Waals surface area contributed by atoms with Gasteiger partial charge in [0, 0.05) is 43.6 Å². The molecule has 42 heavy (non-hydrogen) atoms. The third-order valence-corrected chi connectivity index (χ3v) is 8.34. The number of hydrogen-bond acceptors (Lipinski definition) is 5. The number of carbonyl (C=O) groups excluding carboxylic acids is 2. The number of rotatable bonds is 12. The summed E-state index contributed by atoms with van der Waals surface area (Å²) in [6.07, 6.45) is 4.44. The van der Waals surface area contributed by atoms with E-state index in [1.165, 1.54) is 23.9 Å². The molecule has 0 saturated heterocycles. The molecule has 1 aliphatic rings. The number of amides is 1. The second kappa shape index (κ2) is 14.6. The van der Waals surface area contributed by atoms with Crippen LogP contribution in [0.4, 0.5) is 8.78 Å². The topological polar surface area (TPSA) is 86.7 Å². The van der Waals surface area contributed by atoms with Gasteiger partial charge in [-0.1, -0.05) is 30.3 Å². The second-order valence-corrected chi connectivity index (χ2v) is 11.8. The molecule has 1 aliphatic carbocycles. The molecule has 1 fully saturated rings. The van der Waals surface area contributed by atoms with E-state index < -0.39 is 29.6 Å². The number of halogens is 2. The summed E-state index contributed by atoms with van der Waals surface area (Å²) in [5.74, 6) is -2.01. The number of carboxylic acid groups (broad SMARTS) is 1. The molecular weight excluding hydrogens is 558 g/mol. The molecule has 2 N–H and O–H groups in total. The van der Waals surface area contributed by atoms with Crippen LogP contribution in [0.1, 0.15) is 59.2 Å². The largest absolute Gasteiger partial charge is 0.480 e. The third-order valence-electron chi connectivity index (χ3n) is 7.70. The van der Waals surface area contributed by atoms with Crippen LogP contribution in [0.3, 0.4) is 0 Å². The summed E-state index contributed by atoms with van der Waals surface area (Å²) in [7, 11) is 0. The zero-order chi connectivity index (χ0) is 30.2. The Hall–Kier alpha value is -3.56. The highest BCUT2D eigenvalue weighted by molar-refractivity contribution is 7.98. The van der Waals surface area contributed by atoms with Gasteiger partial charge in [0.25, 0.3) is 5.91 Å². The summed E-state index contributed by atoms with van der Waals surface area (Å²) in [5.41, 5.74) is 4.24. The maximum Gasteiger partial charge on any atom is 0.326 e. The van der Waals surface area contributed by atoms with E-state index in [1.54, 1.807) is 6.07 Å². The molecule has 9 heteroatoms. The first-order chi connectivity index (χ1) is 20.1. The number of nitrogens with zero attached hydrogens (tertiary/aromatic N) is 1. The maximum atomic E-state index is 14.0. The van der Waals surface area contributed by atoms with Gasteiger partial charge in [-0.15, -0.1) is 0 Å². The van der Waals surface area contributed by atoms with Crippen molar-refractivity contribution in [2.45, 2.75) is 64.2 Å². The Balaban J connectivity index is 1.69. The molecule has 0 spiro atoms. The summed E-state index contributed by atoms with van der Waals surface area (Å²) in [6.45, 7) is 2.68. The molecule has 3 aromatic carbocycles. The molecule has 6 nitrogen and oxygen atoms in total. The second-order valence-electron chi connectivity index (χ2n) is 10.8. The monoisotopic (exact) mass is 594 g/mol. The average Bonchev–Trinajstić information content (AvgIpc) is 2.95. The number of aliphatic carboxylic acids is 1. The van der Waals surface area contributed by atoms with Crippen LogP contribution in [0.25, 0.3) is 11.1 Å². The lowest BCUT2D eigenvalue weighted by molar-refractivity contribution is -0.139. The number of hydrogen-bond donors (Lipinski definition) is 2. The molecule has 1 amide bonds. The van der Waals surface area contributed by atoms with Crippen LogP contribution < -0.4 is 5.32 Å². The van der Waals surface area contributed by atoms with Gasteiger partial charge in [0.2, 0.25) is 0 Å². The number of benzene rings is 3. The summed E-state index contributed by atoms with van der Waals surface area (Å²) >= 11 is 1.51. The number of ketones is 1. The van der Waals surface area contributed by atoms with E-state index in [9.17, 15) is 28.3 Å². The maximum absolute atomic E-state index is 14.0. The van der Waals surface area contributed by atoms with E-state index in [4.69, 9.17) is 0 Å². The predicted molar refractivity (Wildman–Crippen MR) is 161 cm³/mol. The van der Waals surface area contributed by atoms with E-state index in [0.29, 0.717) is 67.6 Å². The first kappa shape index (κ1) is 31.4. The highest BCUT2D eigenvalue weighted by Gasteiger charge is 2.27. The van der Waals surface area contributed by atoms with Gasteiger partial charge < -0.3 is 10.4 Å². The lowest BCUT2D eigenvalue weighted by Gasteiger charge is -2.34. The van der Waals surface area contributed by atoms with Gasteiger partial charge in [-0.25, -0.2) is 13.6 Å². The first-order valence-corrected chi connectivity index (χ1v) is 15.5. The Labute approximate surface area is 249 Å². The average molecular weight is 595 g/mol. The Morgan fingerprint density at radius 2 is 1.64 bits per heavy atom. The van der Waals surface area contributed by atoms with Crippen LogP contribution in [0.5, 0.6) is 0 Å². The zero-order valence-corrected chi connectivity index (χ0v) is 24.7. The molecule has 0 aromatic heterocycles. The molecule has 1 atom stereocenters. The van der Waals surface area contributed by atoms with Crippen LogP contribution in [0, 0.1) is 18.6 Å². The molecule has 0 unspecified atom stereocenters. The van der Waals surface area contributed by atoms with Crippen molar-refractivity contribution in [1.29, 1.82) is 0 Å². The number of aryl methyl sites for hydroxylation is 1. The quantitative estimate of drug-likeness (QED) is 0.253. The van der Waals surface area contributed by atoms with Crippen molar-refractivity contribution < 1.29 is 28.3 Å². The SMILES string of the molecule is CSCC[C@H](NC(=O)c1ccc(CN(Cc2cc(F)cc(F)c2)C2CCC(=O)CC2)cc1-c1ccccc1C)C(=O)O. The fourth-order valence-electron chi connectivity index (χ4n) is 5.49. The molecule has 3 aromatic rings. The third kappa shape index (κ3) is 8.26. The molecule has 0 bridgehead atoms. The Morgan fingerprint density at radius 1 is 0.976 bits per heavy atom. The van der Waals surface area contributed by atoms with Crippen molar-refractivity contribution in [3.8, 4) is 11.1 Å². The van der Waals surface area contributed by atoms with Gasteiger partial charge in [0.05, 0.1) is 0 Å². The Morgan fingerprint density at radius 3 is 2.29 bits per heavy atom. The van der Waals surface area contributed by atoms with E-state index in [0.717, 1.165) is 22.8 Å². The van der Waals surface area contributed by atoms with Crippen molar-refractivity contribution in [3.05, 3.63) is 94.6 Å². The van der Waals surface area contributed by atoms with Gasteiger partial charge in [-0.05, 0) is 90.3 Å². The van der Waals surface area contributed by atoms with Gasteiger partial charge in [0.1, 0.15) is 23.5 Å². The van der Waals surface area contributed by atoms with Crippen LogP contribution in [-0.4, -0.2) is 51.8 Å². The molecular formula is C33H36F2N2O4S. The minimum Gasteiger partial charge on any atom is -0.480 e. The van der Waals surface area contributed by atoms with Crippen molar-refractivity contribution in [3.63, 3.8) is 0 Å². The molecule has 0 aliphatic heterocycles. The number of carboxylic acids is 1. The van der Waals surface area contributed by atoms with Crippen LogP contribution in [-0.2, 0) is 22.7 Å². The minimum atomic E-state index is -1.08. The summed E-state index contributed by atoms with van der Waals surface area (Å²) in [4.78, 5) is 39.4. The Kier molecular flexibility index (Phi) is 10.9. The van der Waals surface area contributed by atoms with Crippen molar-refractivity contribution in [2.24, 2.45) is 0 Å². The summed E-state index contributed by atoms with van der Waals surface area (Å²) < 4.78 is 28.1. The number of thioether (sulfide) groups is 1. The molecule has 222 valence electrons. The van der Waals surface area contributed by atoms with Crippen molar-refractivity contribution >= 4 is 29.4 Å². The number of Topliss-reactive ketones (excluding diaryl/α,β-unsaturated/α-hetero) is 1. The van der Waals surface area contributed by atoms with Gasteiger partial charge >= 0.3 is 5.97 Å². The summed E-state index contributed by atoms with van der Waals surface area (Å²) in [6, 6.07) is 15.7. The fourth-order valence-corrected chi connectivity index (χ4v) is 5.96. The van der Waals surface area contributed by atoms with Gasteiger partial charge in [-0.2, -0.15) is 11.8 Å². The van der Waals surface area contributed by atoms with E-state index in [2.05, 4.69) is 10.2 Å². The van der Waals surface area contributed by atoms with E-state index >= 15 is 0 Å². The van der Waals surface area contributed by atoms with Crippen LogP contribution in [0.2, 0.25) is 0 Å². The lowest BCUT2D eigenvalue weighted by atomic mass is 9.91. The number of nitrogens with one attached hydrogen (secondary N) is 1. The highest BCUT2D eigenvalue weighted by atomic mass is 32.2. The van der Waals surface area contributed by atoms with Crippen molar-refractivity contribution in [2.75, 3.05) is 12.0 Å². The Bertz CT molecular complexity index is 1420. The summed E-state index contributed by atoms with van der Waals surface area (Å²) in [5, 5.41) is 12.4. The van der Waals surface area contributed by atoms with E-state index in [-0.39, 0.29) is 11.8 Å². The normalized spacial score (nSPS) is 14.6. The van der Waals surface area contributed by atoms with Crippen LogP contribution >= 0.6 is 11.8 Å².